The van der Waals surface area contributed by atoms with Crippen molar-refractivity contribution < 1.29 is 14.6 Å². The minimum absolute atomic E-state index is 0. The molecule has 1 fully saturated rings. The lowest BCUT2D eigenvalue weighted by molar-refractivity contribution is -0.143. The Balaban J connectivity index is 0.00000256. The summed E-state index contributed by atoms with van der Waals surface area (Å²) in [6.07, 6.45) is 4.94. The van der Waals surface area contributed by atoms with E-state index in [1.165, 1.54) is 22.3 Å². The second-order valence-corrected chi connectivity index (χ2v) is 8.33. The zero-order valence-corrected chi connectivity index (χ0v) is 18.3. The zero-order valence-electron chi connectivity index (χ0n) is 17.5. The average molecular weight is 430 g/mol. The van der Waals surface area contributed by atoms with Gasteiger partial charge in [0, 0.05) is 25.6 Å². The Morgan fingerprint density at radius 1 is 1.00 bits per heavy atom. The fourth-order valence-corrected chi connectivity index (χ4v) is 4.91. The second-order valence-electron chi connectivity index (χ2n) is 8.33. The zero-order chi connectivity index (χ0) is 20.1. The molecule has 4 nitrogen and oxygen atoms in total. The first-order valence-corrected chi connectivity index (χ1v) is 10.9. The predicted molar refractivity (Wildman–Crippen MR) is 122 cm³/mol. The van der Waals surface area contributed by atoms with Gasteiger partial charge < -0.3 is 14.7 Å². The maximum atomic E-state index is 11.2. The van der Waals surface area contributed by atoms with Crippen molar-refractivity contribution in [2.24, 2.45) is 5.92 Å². The van der Waals surface area contributed by atoms with Crippen LogP contribution in [0, 0.1) is 5.92 Å². The van der Waals surface area contributed by atoms with E-state index in [9.17, 15) is 9.90 Å². The maximum absolute atomic E-state index is 11.2. The van der Waals surface area contributed by atoms with Gasteiger partial charge in [-0.05, 0) is 60.9 Å². The van der Waals surface area contributed by atoms with Crippen LogP contribution in [0.1, 0.15) is 47.4 Å². The summed E-state index contributed by atoms with van der Waals surface area (Å²) in [5.41, 5.74) is 5.81. The number of benzene rings is 2. The van der Waals surface area contributed by atoms with Gasteiger partial charge in [-0.25, -0.2) is 0 Å². The number of ether oxygens (including phenoxy) is 1. The number of carboxylic acids is 1. The highest BCUT2D eigenvalue weighted by molar-refractivity contribution is 5.85. The van der Waals surface area contributed by atoms with Crippen LogP contribution >= 0.6 is 12.4 Å². The Kier molecular flexibility index (Phi) is 8.32. The molecule has 0 unspecified atom stereocenters. The van der Waals surface area contributed by atoms with Crippen molar-refractivity contribution >= 4 is 18.4 Å². The molecule has 0 spiro atoms. The number of hydrogen-bond acceptors (Lipinski definition) is 3. The van der Waals surface area contributed by atoms with Gasteiger partial charge in [-0.3, -0.25) is 4.79 Å². The Labute approximate surface area is 185 Å². The summed E-state index contributed by atoms with van der Waals surface area (Å²) < 4.78 is 6.02. The Bertz CT molecular complexity index is 793. The molecule has 1 N–H and O–H groups in total. The fourth-order valence-electron chi connectivity index (χ4n) is 4.91. The SMILES string of the molecule is Cl.O=C(O)[C@H]1CCCN(CCOCCC2c3ccccc3CCc3ccccc32)C1. The molecule has 0 bridgehead atoms. The summed E-state index contributed by atoms with van der Waals surface area (Å²) in [7, 11) is 0. The molecule has 0 radical (unpaired) electrons. The van der Waals surface area contributed by atoms with Gasteiger partial charge >= 0.3 is 5.97 Å². The van der Waals surface area contributed by atoms with E-state index in [4.69, 9.17) is 4.74 Å². The molecule has 2 aliphatic rings. The van der Waals surface area contributed by atoms with Crippen molar-refractivity contribution in [2.75, 3.05) is 32.8 Å². The van der Waals surface area contributed by atoms with E-state index in [0.29, 0.717) is 19.1 Å². The third-order valence-electron chi connectivity index (χ3n) is 6.48. The molecule has 2 aromatic rings. The van der Waals surface area contributed by atoms with Crippen LogP contribution in [0.5, 0.6) is 0 Å². The molecule has 1 atom stereocenters. The van der Waals surface area contributed by atoms with E-state index in [1.807, 2.05) is 0 Å². The van der Waals surface area contributed by atoms with E-state index < -0.39 is 5.97 Å². The fraction of sp³-hybridized carbons (Fsp3) is 0.480. The highest BCUT2D eigenvalue weighted by atomic mass is 35.5. The number of likely N-dealkylation sites (tertiary alicyclic amines) is 1. The minimum atomic E-state index is -0.665. The van der Waals surface area contributed by atoms with Crippen molar-refractivity contribution in [2.45, 2.75) is 38.0 Å². The van der Waals surface area contributed by atoms with Gasteiger partial charge in [0.1, 0.15) is 0 Å². The lowest BCUT2D eigenvalue weighted by Gasteiger charge is -2.30. The van der Waals surface area contributed by atoms with Crippen LogP contribution in [-0.4, -0.2) is 48.8 Å². The van der Waals surface area contributed by atoms with Crippen molar-refractivity contribution in [1.82, 2.24) is 4.90 Å². The Hall–Kier alpha value is -1.88. The van der Waals surface area contributed by atoms with Gasteiger partial charge in [-0.15, -0.1) is 12.4 Å². The summed E-state index contributed by atoms with van der Waals surface area (Å²) in [4.78, 5) is 13.5. The molecule has 30 heavy (non-hydrogen) atoms. The van der Waals surface area contributed by atoms with E-state index in [-0.39, 0.29) is 18.3 Å². The highest BCUT2D eigenvalue weighted by Gasteiger charge is 2.25. The standard InChI is InChI=1S/C25H31NO3.ClH/c27-25(28)21-8-5-14-26(18-21)15-17-29-16-13-24-22-9-3-1-6-19(22)11-12-20-7-2-4-10-23(20)24;/h1-4,6-7,9-10,21,24H,5,8,11-18H2,(H,27,28);1H/t21-;/m0./s1. The first-order chi connectivity index (χ1) is 14.2. The molecule has 1 aliphatic heterocycles. The van der Waals surface area contributed by atoms with Crippen LogP contribution in [0.25, 0.3) is 0 Å². The van der Waals surface area contributed by atoms with Crippen LogP contribution in [0.4, 0.5) is 0 Å². The van der Waals surface area contributed by atoms with E-state index >= 15 is 0 Å². The molecular formula is C25H32ClNO3. The molecule has 2 aromatic carbocycles. The monoisotopic (exact) mass is 429 g/mol. The number of fused-ring (bicyclic) bond motifs is 2. The van der Waals surface area contributed by atoms with Crippen LogP contribution in [0.3, 0.4) is 0 Å². The molecule has 5 heteroatoms. The molecule has 0 saturated carbocycles. The molecule has 0 aromatic heterocycles. The highest BCUT2D eigenvalue weighted by Crippen LogP contribution is 2.36. The first kappa shape index (κ1) is 22.8. The normalized spacial score (nSPS) is 19.3. The number of aliphatic carboxylic acids is 1. The Morgan fingerprint density at radius 3 is 2.27 bits per heavy atom. The van der Waals surface area contributed by atoms with Gasteiger partial charge in [-0.2, -0.15) is 0 Å². The van der Waals surface area contributed by atoms with Crippen LogP contribution < -0.4 is 0 Å². The number of rotatable bonds is 7. The van der Waals surface area contributed by atoms with Crippen molar-refractivity contribution in [3.63, 3.8) is 0 Å². The van der Waals surface area contributed by atoms with E-state index in [2.05, 4.69) is 53.4 Å². The molecule has 4 rings (SSSR count). The summed E-state index contributed by atoms with van der Waals surface area (Å²) in [6.45, 7) is 3.85. The van der Waals surface area contributed by atoms with Crippen LogP contribution in [0.2, 0.25) is 0 Å². The van der Waals surface area contributed by atoms with Gasteiger partial charge in [0.05, 0.1) is 12.5 Å². The molecule has 1 aliphatic carbocycles. The largest absolute Gasteiger partial charge is 0.481 e. The number of aryl methyl sites for hydroxylation is 2. The maximum Gasteiger partial charge on any atom is 0.307 e. The van der Waals surface area contributed by atoms with Gasteiger partial charge in [0.2, 0.25) is 0 Å². The third kappa shape index (κ3) is 5.42. The second kappa shape index (κ2) is 10.9. The van der Waals surface area contributed by atoms with Crippen molar-refractivity contribution in [1.29, 1.82) is 0 Å². The average Bonchev–Trinajstić information content (AvgIpc) is 2.91. The topological polar surface area (TPSA) is 49.8 Å². The van der Waals surface area contributed by atoms with Crippen molar-refractivity contribution in [3.8, 4) is 0 Å². The van der Waals surface area contributed by atoms with Gasteiger partial charge in [0.25, 0.3) is 0 Å². The predicted octanol–water partition coefficient (Wildman–Crippen LogP) is 4.54. The van der Waals surface area contributed by atoms with Crippen LogP contribution in [-0.2, 0) is 22.4 Å². The molecule has 1 heterocycles. The molecule has 162 valence electrons. The number of carboxylic acid groups (broad SMARTS) is 1. The van der Waals surface area contributed by atoms with E-state index in [1.54, 1.807) is 0 Å². The Morgan fingerprint density at radius 2 is 1.63 bits per heavy atom. The number of nitrogens with zero attached hydrogens (tertiary/aromatic N) is 1. The third-order valence-corrected chi connectivity index (χ3v) is 6.48. The number of carbonyl (C=O) groups is 1. The van der Waals surface area contributed by atoms with E-state index in [0.717, 1.165) is 51.8 Å². The van der Waals surface area contributed by atoms with Crippen LogP contribution in [0.15, 0.2) is 48.5 Å². The lowest BCUT2D eigenvalue weighted by Crippen LogP contribution is -2.40. The molecule has 0 amide bonds. The molecule has 1 saturated heterocycles. The minimum Gasteiger partial charge on any atom is -0.481 e. The smallest absolute Gasteiger partial charge is 0.307 e. The lowest BCUT2D eigenvalue weighted by atomic mass is 9.86. The summed E-state index contributed by atoms with van der Waals surface area (Å²) in [6, 6.07) is 17.7. The van der Waals surface area contributed by atoms with Crippen molar-refractivity contribution in [3.05, 3.63) is 70.8 Å². The van der Waals surface area contributed by atoms with Gasteiger partial charge in [0.15, 0.2) is 0 Å². The number of hydrogen-bond donors (Lipinski definition) is 1. The number of piperidine rings is 1. The van der Waals surface area contributed by atoms with Gasteiger partial charge in [-0.1, -0.05) is 48.5 Å². The quantitative estimate of drug-likeness (QED) is 0.656. The summed E-state index contributed by atoms with van der Waals surface area (Å²) >= 11 is 0. The number of halogens is 1. The summed E-state index contributed by atoms with van der Waals surface area (Å²) in [5, 5.41) is 9.24. The summed E-state index contributed by atoms with van der Waals surface area (Å²) in [5.74, 6) is -0.500. The first-order valence-electron chi connectivity index (χ1n) is 10.9. The molecular weight excluding hydrogens is 398 g/mol.